The molecule has 0 amide bonds. The summed E-state index contributed by atoms with van der Waals surface area (Å²) in [5, 5.41) is 3.29. The molecule has 2 aromatic rings. The average molecular weight is 253 g/mol. The van der Waals surface area contributed by atoms with Gasteiger partial charge in [0.2, 0.25) is 0 Å². The smallest absolute Gasteiger partial charge is 0.161 e. The van der Waals surface area contributed by atoms with Crippen LogP contribution in [-0.4, -0.2) is 23.1 Å². The number of nitrogens with zero attached hydrogens (tertiary/aromatic N) is 1. The van der Waals surface area contributed by atoms with Crippen molar-refractivity contribution in [2.45, 2.75) is 20.3 Å². The van der Waals surface area contributed by atoms with Crippen molar-refractivity contribution < 1.29 is 8.78 Å². The first-order valence-corrected chi connectivity index (χ1v) is 6.10. The third kappa shape index (κ3) is 3.04. The molecule has 0 unspecified atom stereocenters. The molecule has 1 aromatic carbocycles. The van der Waals surface area contributed by atoms with Crippen LogP contribution >= 0.6 is 0 Å². The molecule has 0 aliphatic heterocycles. The topological polar surface area (TPSA) is 40.7 Å². The maximum absolute atomic E-state index is 13.0. The van der Waals surface area contributed by atoms with Crippen molar-refractivity contribution in [3.63, 3.8) is 0 Å². The van der Waals surface area contributed by atoms with Crippen LogP contribution in [0.5, 0.6) is 0 Å². The Morgan fingerprint density at radius 2 is 2.00 bits per heavy atom. The standard InChI is InChI=1S/C13H17F2N3/c1-8(2)7-16-4-3-13-17-11-5-9(14)10(15)6-12(11)18-13/h5-6,8,16H,3-4,7H2,1-2H3,(H,17,18). The average Bonchev–Trinajstić information content (AvgIpc) is 2.67. The quantitative estimate of drug-likeness (QED) is 0.804. The normalized spacial score (nSPS) is 11.6. The number of imidazole rings is 1. The first-order chi connectivity index (χ1) is 8.56. The molecule has 0 aliphatic carbocycles. The molecule has 0 saturated carbocycles. The maximum atomic E-state index is 13.0. The van der Waals surface area contributed by atoms with Crippen molar-refractivity contribution in [3.05, 3.63) is 29.6 Å². The van der Waals surface area contributed by atoms with E-state index in [0.717, 1.165) is 31.0 Å². The molecule has 0 bridgehead atoms. The van der Waals surface area contributed by atoms with Gasteiger partial charge in [0, 0.05) is 25.1 Å². The van der Waals surface area contributed by atoms with Gasteiger partial charge in [0.15, 0.2) is 11.6 Å². The van der Waals surface area contributed by atoms with Gasteiger partial charge in [-0.3, -0.25) is 0 Å². The van der Waals surface area contributed by atoms with Gasteiger partial charge in [-0.1, -0.05) is 13.8 Å². The Labute approximate surface area is 105 Å². The Kier molecular flexibility index (Phi) is 3.91. The summed E-state index contributed by atoms with van der Waals surface area (Å²) in [6.45, 7) is 6.02. The van der Waals surface area contributed by atoms with Crippen LogP contribution in [0.3, 0.4) is 0 Å². The van der Waals surface area contributed by atoms with Gasteiger partial charge in [-0.25, -0.2) is 13.8 Å². The van der Waals surface area contributed by atoms with Crippen LogP contribution in [-0.2, 0) is 6.42 Å². The molecule has 0 atom stereocenters. The number of halogens is 2. The Bertz CT molecular complexity index is 495. The van der Waals surface area contributed by atoms with E-state index in [1.807, 2.05) is 0 Å². The molecule has 3 nitrogen and oxygen atoms in total. The van der Waals surface area contributed by atoms with Crippen molar-refractivity contribution in [2.75, 3.05) is 13.1 Å². The van der Waals surface area contributed by atoms with E-state index in [4.69, 9.17) is 0 Å². The summed E-state index contributed by atoms with van der Waals surface area (Å²) in [6.07, 6.45) is 0.713. The molecule has 0 spiro atoms. The third-order valence-electron chi connectivity index (χ3n) is 2.66. The van der Waals surface area contributed by atoms with Crippen LogP contribution in [0.25, 0.3) is 11.0 Å². The molecule has 0 aliphatic rings. The number of rotatable bonds is 5. The zero-order chi connectivity index (χ0) is 13.1. The van der Waals surface area contributed by atoms with Gasteiger partial charge in [0.1, 0.15) is 5.82 Å². The number of aromatic nitrogens is 2. The molecule has 5 heteroatoms. The molecule has 98 valence electrons. The highest BCUT2D eigenvalue weighted by Gasteiger charge is 2.08. The van der Waals surface area contributed by atoms with Crippen molar-refractivity contribution >= 4 is 11.0 Å². The molecule has 0 saturated heterocycles. The van der Waals surface area contributed by atoms with E-state index in [0.29, 0.717) is 23.4 Å². The molecule has 0 fully saturated rings. The number of nitrogens with one attached hydrogen (secondary N) is 2. The van der Waals surface area contributed by atoms with Gasteiger partial charge in [0.05, 0.1) is 11.0 Å². The first-order valence-electron chi connectivity index (χ1n) is 6.10. The fourth-order valence-electron chi connectivity index (χ4n) is 1.77. The minimum absolute atomic E-state index is 0.466. The van der Waals surface area contributed by atoms with E-state index in [1.54, 1.807) is 0 Å². The zero-order valence-electron chi connectivity index (χ0n) is 10.6. The molecule has 2 rings (SSSR count). The highest BCUT2D eigenvalue weighted by Crippen LogP contribution is 2.16. The van der Waals surface area contributed by atoms with Gasteiger partial charge in [-0.05, 0) is 12.5 Å². The second-order valence-corrected chi connectivity index (χ2v) is 4.81. The second-order valence-electron chi connectivity index (χ2n) is 4.81. The van der Waals surface area contributed by atoms with Crippen LogP contribution in [0.15, 0.2) is 12.1 Å². The number of hydrogen-bond acceptors (Lipinski definition) is 2. The monoisotopic (exact) mass is 253 g/mol. The number of benzene rings is 1. The molecule has 0 radical (unpaired) electrons. The first kappa shape index (κ1) is 13.0. The van der Waals surface area contributed by atoms with Gasteiger partial charge in [0.25, 0.3) is 0 Å². The Morgan fingerprint density at radius 3 is 2.72 bits per heavy atom. The Hall–Kier alpha value is -1.49. The van der Waals surface area contributed by atoms with Gasteiger partial charge < -0.3 is 10.3 Å². The zero-order valence-corrected chi connectivity index (χ0v) is 10.6. The highest BCUT2D eigenvalue weighted by molar-refractivity contribution is 5.75. The van der Waals surface area contributed by atoms with E-state index in [2.05, 4.69) is 29.1 Å². The summed E-state index contributed by atoms with van der Waals surface area (Å²) in [5.74, 6) is -0.371. The molecule has 2 N–H and O–H groups in total. The van der Waals surface area contributed by atoms with Crippen molar-refractivity contribution in [1.82, 2.24) is 15.3 Å². The summed E-state index contributed by atoms with van der Waals surface area (Å²) in [6, 6.07) is 2.26. The van der Waals surface area contributed by atoms with Crippen molar-refractivity contribution in [3.8, 4) is 0 Å². The lowest BCUT2D eigenvalue weighted by Crippen LogP contribution is -2.22. The second kappa shape index (κ2) is 5.44. The Balaban J connectivity index is 2.02. The van der Waals surface area contributed by atoms with E-state index >= 15 is 0 Å². The lowest BCUT2D eigenvalue weighted by Gasteiger charge is -2.05. The lowest BCUT2D eigenvalue weighted by molar-refractivity contribution is 0.510. The van der Waals surface area contributed by atoms with Gasteiger partial charge in [-0.15, -0.1) is 0 Å². The van der Waals surface area contributed by atoms with Crippen LogP contribution < -0.4 is 5.32 Å². The highest BCUT2D eigenvalue weighted by atomic mass is 19.2. The summed E-state index contributed by atoms with van der Waals surface area (Å²) < 4.78 is 26.0. The number of hydrogen-bond donors (Lipinski definition) is 2. The van der Waals surface area contributed by atoms with E-state index in [9.17, 15) is 8.78 Å². The van der Waals surface area contributed by atoms with Crippen LogP contribution in [0.1, 0.15) is 19.7 Å². The van der Waals surface area contributed by atoms with Crippen LogP contribution in [0.4, 0.5) is 8.78 Å². The summed E-state index contributed by atoms with van der Waals surface area (Å²) >= 11 is 0. The van der Waals surface area contributed by atoms with Gasteiger partial charge >= 0.3 is 0 Å². The minimum atomic E-state index is -0.863. The summed E-state index contributed by atoms with van der Waals surface area (Å²) in [7, 11) is 0. The van der Waals surface area contributed by atoms with Crippen molar-refractivity contribution in [1.29, 1.82) is 0 Å². The number of fused-ring (bicyclic) bond motifs is 1. The molecule has 18 heavy (non-hydrogen) atoms. The largest absolute Gasteiger partial charge is 0.342 e. The van der Waals surface area contributed by atoms with Gasteiger partial charge in [-0.2, -0.15) is 0 Å². The Morgan fingerprint density at radius 1 is 1.28 bits per heavy atom. The van der Waals surface area contributed by atoms with E-state index in [-0.39, 0.29) is 0 Å². The van der Waals surface area contributed by atoms with Crippen LogP contribution in [0, 0.1) is 17.6 Å². The molecule has 1 aromatic heterocycles. The SMILES string of the molecule is CC(C)CNCCc1nc2cc(F)c(F)cc2[nH]1. The number of aromatic amines is 1. The van der Waals surface area contributed by atoms with Crippen molar-refractivity contribution in [2.24, 2.45) is 5.92 Å². The predicted octanol–water partition coefficient (Wildman–Crippen LogP) is 2.63. The summed E-state index contributed by atoms with van der Waals surface area (Å²) in [4.78, 5) is 7.22. The molecule has 1 heterocycles. The fourth-order valence-corrected chi connectivity index (χ4v) is 1.77. The molecular formula is C13H17F2N3. The molecular weight excluding hydrogens is 236 g/mol. The predicted molar refractivity (Wildman–Crippen MR) is 67.4 cm³/mol. The van der Waals surface area contributed by atoms with E-state index < -0.39 is 11.6 Å². The van der Waals surface area contributed by atoms with Crippen LogP contribution in [0.2, 0.25) is 0 Å². The number of H-pyrrole nitrogens is 1. The third-order valence-corrected chi connectivity index (χ3v) is 2.66. The lowest BCUT2D eigenvalue weighted by atomic mass is 10.2. The van der Waals surface area contributed by atoms with E-state index in [1.165, 1.54) is 0 Å². The maximum Gasteiger partial charge on any atom is 0.161 e. The fraction of sp³-hybridized carbons (Fsp3) is 0.462. The minimum Gasteiger partial charge on any atom is -0.342 e. The summed E-state index contributed by atoms with van der Waals surface area (Å²) in [5.41, 5.74) is 1.00.